The van der Waals surface area contributed by atoms with Gasteiger partial charge in [-0.1, -0.05) is 6.07 Å². The lowest BCUT2D eigenvalue weighted by molar-refractivity contribution is -0.135. The van der Waals surface area contributed by atoms with Gasteiger partial charge in [-0.2, -0.15) is 0 Å². The summed E-state index contributed by atoms with van der Waals surface area (Å²) in [5.74, 6) is 0.824. The Morgan fingerprint density at radius 1 is 1.31 bits per heavy atom. The number of rotatable bonds is 3. The molecule has 2 aromatic rings. The van der Waals surface area contributed by atoms with Gasteiger partial charge in [0, 0.05) is 43.1 Å². The maximum atomic E-state index is 12.7. The fraction of sp³-hybridized carbons (Fsp3) is 0.500. The van der Waals surface area contributed by atoms with E-state index in [0.29, 0.717) is 12.5 Å². The number of hydrogen-bond acceptors (Lipinski definition) is 5. The molecule has 1 amide bonds. The molecule has 0 bridgehead atoms. The van der Waals surface area contributed by atoms with Crippen molar-refractivity contribution in [2.75, 3.05) is 19.7 Å². The van der Waals surface area contributed by atoms with Gasteiger partial charge in [-0.15, -0.1) is 11.3 Å². The van der Waals surface area contributed by atoms with Gasteiger partial charge in [-0.05, 0) is 38.0 Å². The molecule has 2 aromatic heterocycles. The summed E-state index contributed by atoms with van der Waals surface area (Å²) in [4.78, 5) is 20.9. The molecule has 5 nitrogen and oxygen atoms in total. The Labute approximate surface area is 157 Å². The van der Waals surface area contributed by atoms with E-state index in [-0.39, 0.29) is 17.6 Å². The summed E-state index contributed by atoms with van der Waals surface area (Å²) in [6.07, 6.45) is 5.36. The molecule has 2 aliphatic rings. The van der Waals surface area contributed by atoms with Crippen molar-refractivity contribution < 1.29 is 14.3 Å². The van der Waals surface area contributed by atoms with Gasteiger partial charge in [-0.25, -0.2) is 4.98 Å². The number of likely N-dealkylation sites (tertiary alicyclic amines) is 1. The number of piperidine rings is 1. The number of hydrogen-bond donors (Lipinski definition) is 0. The number of carbonyl (C=O) groups excluding carboxylic acids is 1. The van der Waals surface area contributed by atoms with Gasteiger partial charge < -0.3 is 14.4 Å². The van der Waals surface area contributed by atoms with Gasteiger partial charge in [0.25, 0.3) is 5.91 Å². The molecule has 0 radical (unpaired) electrons. The molecule has 2 saturated heterocycles. The first-order valence-corrected chi connectivity index (χ1v) is 10.0. The molecule has 26 heavy (non-hydrogen) atoms. The van der Waals surface area contributed by atoms with Crippen LogP contribution in [-0.2, 0) is 4.74 Å². The van der Waals surface area contributed by atoms with Gasteiger partial charge in [-0.3, -0.25) is 4.79 Å². The van der Waals surface area contributed by atoms with Crippen molar-refractivity contribution in [2.24, 2.45) is 0 Å². The second kappa shape index (κ2) is 7.37. The van der Waals surface area contributed by atoms with Crippen LogP contribution in [0, 0.1) is 6.92 Å². The molecule has 4 rings (SSSR count). The summed E-state index contributed by atoms with van der Waals surface area (Å²) in [6, 6.07) is 9.66. The third kappa shape index (κ3) is 3.76. The van der Waals surface area contributed by atoms with Crippen molar-refractivity contribution in [3.05, 3.63) is 46.3 Å². The molecule has 2 fully saturated rings. The van der Waals surface area contributed by atoms with E-state index in [4.69, 9.17) is 9.47 Å². The van der Waals surface area contributed by atoms with Crippen molar-refractivity contribution in [3.63, 3.8) is 0 Å². The van der Waals surface area contributed by atoms with E-state index in [2.05, 4.69) is 4.98 Å². The number of amides is 1. The third-order valence-electron chi connectivity index (χ3n) is 5.29. The number of thiophene rings is 1. The van der Waals surface area contributed by atoms with Crippen LogP contribution in [0.4, 0.5) is 0 Å². The van der Waals surface area contributed by atoms with Crippen LogP contribution in [0.2, 0.25) is 0 Å². The van der Waals surface area contributed by atoms with Crippen molar-refractivity contribution in [1.29, 1.82) is 0 Å². The molecule has 0 aliphatic carbocycles. The topological polar surface area (TPSA) is 51.7 Å². The Bertz CT molecular complexity index is 753. The highest BCUT2D eigenvalue weighted by atomic mass is 32.1. The van der Waals surface area contributed by atoms with Crippen LogP contribution in [0.15, 0.2) is 36.5 Å². The zero-order chi connectivity index (χ0) is 18.0. The Morgan fingerprint density at radius 3 is 2.85 bits per heavy atom. The Hall–Kier alpha value is -1.92. The monoisotopic (exact) mass is 372 g/mol. The smallest absolute Gasteiger partial charge is 0.263 e. The lowest BCUT2D eigenvalue weighted by atomic mass is 9.83. The van der Waals surface area contributed by atoms with Crippen molar-refractivity contribution in [2.45, 2.75) is 44.3 Å². The fourth-order valence-electron chi connectivity index (χ4n) is 3.84. The molecule has 0 N–H and O–H groups in total. The minimum Gasteiger partial charge on any atom is -0.474 e. The van der Waals surface area contributed by atoms with E-state index < -0.39 is 0 Å². The average Bonchev–Trinajstić information content (AvgIpc) is 3.09. The Morgan fingerprint density at radius 2 is 2.15 bits per heavy atom. The normalized spacial score (nSPS) is 22.3. The van der Waals surface area contributed by atoms with E-state index in [0.717, 1.165) is 43.6 Å². The summed E-state index contributed by atoms with van der Waals surface area (Å²) in [6.45, 7) is 4.22. The number of nitrogens with zero attached hydrogens (tertiary/aromatic N) is 2. The van der Waals surface area contributed by atoms with Gasteiger partial charge in [0.1, 0.15) is 6.10 Å². The zero-order valence-electron chi connectivity index (χ0n) is 15.0. The first kappa shape index (κ1) is 17.5. The largest absolute Gasteiger partial charge is 0.474 e. The van der Waals surface area contributed by atoms with Crippen LogP contribution < -0.4 is 4.74 Å². The summed E-state index contributed by atoms with van der Waals surface area (Å²) < 4.78 is 12.2. The SMILES string of the molecule is Cc1ccc(C(=O)N2CCC3(CC2)CC(Oc2ccccn2)CCO3)s1. The van der Waals surface area contributed by atoms with Crippen LogP contribution in [0.1, 0.15) is 40.2 Å². The van der Waals surface area contributed by atoms with Crippen LogP contribution in [0.5, 0.6) is 5.88 Å². The highest BCUT2D eigenvalue weighted by molar-refractivity contribution is 7.13. The minimum absolute atomic E-state index is 0.126. The Kier molecular flexibility index (Phi) is 4.96. The molecular formula is C20H24N2O3S. The highest BCUT2D eigenvalue weighted by Crippen LogP contribution is 2.36. The molecule has 1 atom stereocenters. The summed E-state index contributed by atoms with van der Waals surface area (Å²) in [5, 5.41) is 0. The Balaban J connectivity index is 1.36. The predicted molar refractivity (Wildman–Crippen MR) is 101 cm³/mol. The van der Waals surface area contributed by atoms with Gasteiger partial charge in [0.05, 0.1) is 17.1 Å². The molecule has 1 spiro atoms. The number of carbonyl (C=O) groups is 1. The first-order chi connectivity index (χ1) is 12.6. The predicted octanol–water partition coefficient (Wildman–Crippen LogP) is 3.68. The van der Waals surface area contributed by atoms with Crippen LogP contribution >= 0.6 is 11.3 Å². The first-order valence-electron chi connectivity index (χ1n) is 9.21. The molecule has 0 saturated carbocycles. The minimum atomic E-state index is -0.167. The maximum absolute atomic E-state index is 12.7. The number of aromatic nitrogens is 1. The second-order valence-corrected chi connectivity index (χ2v) is 8.42. The van der Waals surface area contributed by atoms with Crippen molar-refractivity contribution in [3.8, 4) is 5.88 Å². The van der Waals surface area contributed by atoms with Gasteiger partial charge in [0.2, 0.25) is 5.88 Å². The second-order valence-electron chi connectivity index (χ2n) is 7.13. The van der Waals surface area contributed by atoms with Crippen LogP contribution in [0.3, 0.4) is 0 Å². The van der Waals surface area contributed by atoms with Crippen molar-refractivity contribution >= 4 is 17.2 Å². The van der Waals surface area contributed by atoms with E-state index in [1.165, 1.54) is 4.88 Å². The molecule has 1 unspecified atom stereocenters. The highest BCUT2D eigenvalue weighted by Gasteiger charge is 2.42. The van der Waals surface area contributed by atoms with Crippen LogP contribution in [-0.4, -0.2) is 47.2 Å². The molecule has 2 aliphatic heterocycles. The van der Waals surface area contributed by atoms with Crippen molar-refractivity contribution in [1.82, 2.24) is 9.88 Å². The van der Waals surface area contributed by atoms with Gasteiger partial charge in [0.15, 0.2) is 0 Å². The molecular weight excluding hydrogens is 348 g/mol. The summed E-state index contributed by atoms with van der Waals surface area (Å²) >= 11 is 1.57. The maximum Gasteiger partial charge on any atom is 0.263 e. The molecule has 138 valence electrons. The third-order valence-corrected chi connectivity index (χ3v) is 6.27. The van der Waals surface area contributed by atoms with Crippen LogP contribution in [0.25, 0.3) is 0 Å². The quantitative estimate of drug-likeness (QED) is 0.825. The van der Waals surface area contributed by atoms with E-state index in [1.54, 1.807) is 17.5 Å². The summed E-state index contributed by atoms with van der Waals surface area (Å²) in [7, 11) is 0. The summed E-state index contributed by atoms with van der Waals surface area (Å²) in [5.41, 5.74) is -0.167. The average molecular weight is 372 g/mol. The lowest BCUT2D eigenvalue weighted by Crippen LogP contribution is -2.52. The number of aryl methyl sites for hydroxylation is 1. The lowest BCUT2D eigenvalue weighted by Gasteiger charge is -2.45. The van der Waals surface area contributed by atoms with E-state index >= 15 is 0 Å². The van der Waals surface area contributed by atoms with E-state index in [9.17, 15) is 4.79 Å². The van der Waals surface area contributed by atoms with E-state index in [1.807, 2.05) is 42.2 Å². The zero-order valence-corrected chi connectivity index (χ0v) is 15.8. The van der Waals surface area contributed by atoms with Gasteiger partial charge >= 0.3 is 0 Å². The molecule has 0 aromatic carbocycles. The molecule has 6 heteroatoms. The number of ether oxygens (including phenoxy) is 2. The fourth-order valence-corrected chi connectivity index (χ4v) is 4.68. The molecule has 4 heterocycles. The standard InChI is InChI=1S/C20H24N2O3S/c1-15-5-6-17(26-15)19(23)22-11-8-20(9-12-22)14-16(7-13-24-20)25-18-4-2-3-10-21-18/h2-6,10,16H,7-9,11-14H2,1H3. The number of pyridine rings is 1.